The number of ether oxygens (including phenoxy) is 1. The van der Waals surface area contributed by atoms with Crippen LogP contribution in [0.15, 0.2) is 54.7 Å². The number of amides is 14. The number of esters is 1. The molecule has 44 nitrogen and oxygen atoms in total. The number of nitrogens with one attached hydrogen (secondary N) is 14. The van der Waals surface area contributed by atoms with Crippen LogP contribution in [0.3, 0.4) is 0 Å². The molecule has 0 bridgehead atoms. The Morgan fingerprint density at radius 2 is 1.04 bits per heavy atom. The minimum atomic E-state index is -2.47. The van der Waals surface area contributed by atoms with Gasteiger partial charge in [0.15, 0.2) is 5.78 Å². The molecule has 13 atom stereocenters. The molecular weight excluding hydrogens is 1530 g/mol. The lowest BCUT2D eigenvalue weighted by molar-refractivity contribution is -0.156. The van der Waals surface area contributed by atoms with E-state index in [0.29, 0.717) is 29.3 Å². The molecule has 1 aliphatic heterocycles. The second-order valence-electron chi connectivity index (χ2n) is 27.3. The smallest absolute Gasteiger partial charge is 0.329 e. The molecule has 1 aromatic heterocycles. The van der Waals surface area contributed by atoms with E-state index < -0.39 is 268 Å². The van der Waals surface area contributed by atoms with Crippen molar-refractivity contribution in [3.05, 3.63) is 65.9 Å². The standard InChI is InChI=1S/C72H101N17O27/c1-4-5-6-7-8-9-10-21-53(94)80-43(24-37-30-76-41-19-14-12-16-38(37)41)64(107)82-44(26-52(75)93)65(108)85-47(29-59(103)104)67(110)89-61-36(3)116-72(115)48(25-51(92)39-17-11-13-18-40(39)74)86-71(114)60(35(2)23-56(97)98)88-69(112)49(33-90)81-55(96)31-77-62(105)45(27-57(99)100)83-68(111)50(34-91)87-66(109)46(28-58(101)102)84-63(106)42(20-15-22-73)79-54(95)32-78-70(61)113/h11-14,16-19,30,35-36,42-50,60-61,76,90-91H,4-10,15,20-29,31-34,73-74H2,1-3H3,(H2,75,93)(H,77,105)(H,78,113)(H,79,95)(H,80,94)(H,81,96)(H,82,107)(H,83,111)(H,84,106)(H,85,108)(H,86,114)(H,87,109)(H,88,112)(H,89,110)(H,97,98)(H,99,100)(H,101,102)(H,103,104)/t35-,36-,42+,43+,44-,45+,46+,47+,48+,49-,50-,60+,61+/m1/s1. The first-order valence-corrected chi connectivity index (χ1v) is 37.0. The summed E-state index contributed by atoms with van der Waals surface area (Å²) in [4.78, 5) is 276. The van der Waals surface area contributed by atoms with Crippen LogP contribution in [0.2, 0.25) is 0 Å². The number of fused-ring (bicyclic) bond motifs is 1. The first kappa shape index (κ1) is 95.6. The molecule has 1 saturated heterocycles. The van der Waals surface area contributed by atoms with Gasteiger partial charge in [0.25, 0.3) is 0 Å². The zero-order valence-electron chi connectivity index (χ0n) is 63.7. The quantitative estimate of drug-likeness (QED) is 0.0111. The lowest BCUT2D eigenvalue weighted by Crippen LogP contribution is -2.62. The minimum Gasteiger partial charge on any atom is -0.481 e. The average Bonchev–Trinajstić information content (AvgIpc) is 1.72. The van der Waals surface area contributed by atoms with Crippen molar-refractivity contribution in [3.8, 4) is 0 Å². The van der Waals surface area contributed by atoms with Crippen LogP contribution in [0.25, 0.3) is 10.9 Å². The molecule has 116 heavy (non-hydrogen) atoms. The van der Waals surface area contributed by atoms with Gasteiger partial charge in [-0.05, 0) is 62.4 Å². The number of aromatic nitrogens is 1. The summed E-state index contributed by atoms with van der Waals surface area (Å²) < 4.78 is 5.67. The van der Waals surface area contributed by atoms with Crippen LogP contribution in [0.1, 0.15) is 139 Å². The second-order valence-corrected chi connectivity index (χ2v) is 27.3. The number of anilines is 1. The number of cyclic esters (lactones) is 1. The largest absolute Gasteiger partial charge is 0.481 e. The number of Topliss-reactive ketones (excluding diaryl/α,β-unsaturated/α-hetero) is 1. The van der Waals surface area contributed by atoms with Crippen LogP contribution in [0, 0.1) is 5.92 Å². The number of aliphatic hydroxyl groups is 2. The fourth-order valence-electron chi connectivity index (χ4n) is 11.8. The lowest BCUT2D eigenvalue weighted by Gasteiger charge is -2.30. The van der Waals surface area contributed by atoms with E-state index in [1.165, 1.54) is 24.3 Å². The van der Waals surface area contributed by atoms with Crippen molar-refractivity contribution >= 4 is 135 Å². The fourth-order valence-corrected chi connectivity index (χ4v) is 11.8. The number of H-pyrrole nitrogens is 1. The number of aliphatic carboxylic acids is 4. The van der Waals surface area contributed by atoms with Crippen LogP contribution in [-0.2, 0) is 102 Å². The molecule has 2 aromatic carbocycles. The lowest BCUT2D eigenvalue weighted by atomic mass is 9.96. The number of hydrogen-bond donors (Lipinski definition) is 23. The topological polar surface area (TPSA) is 722 Å². The third-order valence-corrected chi connectivity index (χ3v) is 17.9. The third kappa shape index (κ3) is 32.4. The summed E-state index contributed by atoms with van der Waals surface area (Å²) in [5.41, 5.74) is 18.0. The predicted molar refractivity (Wildman–Crippen MR) is 402 cm³/mol. The number of ketones is 1. The number of carbonyl (C=O) groups excluding carboxylic acids is 16. The first-order chi connectivity index (χ1) is 54.9. The molecule has 26 N–H and O–H groups in total. The van der Waals surface area contributed by atoms with E-state index in [-0.39, 0.29) is 37.1 Å². The normalized spacial score (nSPS) is 21.1. The molecule has 636 valence electrons. The van der Waals surface area contributed by atoms with E-state index in [9.17, 15) is 127 Å². The van der Waals surface area contributed by atoms with Gasteiger partial charge in [-0.2, -0.15) is 0 Å². The molecule has 1 fully saturated rings. The van der Waals surface area contributed by atoms with Crippen molar-refractivity contribution in [2.24, 2.45) is 17.4 Å². The number of nitrogens with two attached hydrogens (primary N) is 3. The highest BCUT2D eigenvalue weighted by Crippen LogP contribution is 2.22. The van der Waals surface area contributed by atoms with E-state index in [1.807, 2.05) is 21.3 Å². The van der Waals surface area contributed by atoms with E-state index in [1.54, 1.807) is 30.5 Å². The predicted octanol–water partition coefficient (Wildman–Crippen LogP) is -6.65. The van der Waals surface area contributed by atoms with Crippen molar-refractivity contribution in [3.63, 3.8) is 0 Å². The van der Waals surface area contributed by atoms with Gasteiger partial charge in [-0.15, -0.1) is 0 Å². The summed E-state index contributed by atoms with van der Waals surface area (Å²) in [6.45, 7) is -1.38. The van der Waals surface area contributed by atoms with Gasteiger partial charge in [-0.1, -0.05) is 82.7 Å². The van der Waals surface area contributed by atoms with Crippen LogP contribution in [0.5, 0.6) is 0 Å². The highest BCUT2D eigenvalue weighted by Gasteiger charge is 2.41. The number of nitrogen functional groups attached to an aromatic ring is 1. The Bertz CT molecular complexity index is 4060. The minimum absolute atomic E-state index is 0.0240. The average molecular weight is 1640 g/mol. The first-order valence-electron chi connectivity index (χ1n) is 37.0. The number of benzene rings is 2. The molecule has 44 heteroatoms. The van der Waals surface area contributed by atoms with E-state index >= 15 is 0 Å². The van der Waals surface area contributed by atoms with Crippen LogP contribution in [-0.4, -0.2) is 259 Å². The van der Waals surface area contributed by atoms with Crippen molar-refractivity contribution in [1.82, 2.24) is 74.1 Å². The van der Waals surface area contributed by atoms with E-state index in [0.717, 1.165) is 46.0 Å². The van der Waals surface area contributed by atoms with Crippen LogP contribution in [0.4, 0.5) is 5.69 Å². The van der Waals surface area contributed by atoms with Crippen molar-refractivity contribution < 1.29 is 131 Å². The Balaban J connectivity index is 1.88. The summed E-state index contributed by atoms with van der Waals surface area (Å²) in [7, 11) is 0. The zero-order valence-corrected chi connectivity index (χ0v) is 63.7. The summed E-state index contributed by atoms with van der Waals surface area (Å²) in [5.74, 6) is -30.6. The second kappa shape index (κ2) is 48.4. The Kier molecular flexibility index (Phi) is 39.9. The number of aliphatic hydroxyl groups excluding tert-OH is 2. The van der Waals surface area contributed by atoms with Gasteiger partial charge in [-0.3, -0.25) is 91.1 Å². The highest BCUT2D eigenvalue weighted by molar-refractivity contribution is 6.05. The molecule has 0 unspecified atom stereocenters. The number of primary amides is 1. The highest BCUT2D eigenvalue weighted by atomic mass is 16.5. The van der Waals surface area contributed by atoms with Crippen molar-refractivity contribution in [2.75, 3.05) is 38.6 Å². The summed E-state index contributed by atoms with van der Waals surface area (Å²) in [5, 5.41) is 88.4. The van der Waals surface area contributed by atoms with Gasteiger partial charge in [0, 0.05) is 47.6 Å². The maximum atomic E-state index is 14.8. The number of aromatic amines is 1. The molecule has 2 heterocycles. The molecule has 0 saturated carbocycles. The molecular formula is C72H101N17O27. The molecule has 14 amide bonds. The summed E-state index contributed by atoms with van der Waals surface area (Å²) >= 11 is 0. The van der Waals surface area contributed by atoms with Crippen LogP contribution < -0.4 is 86.3 Å². The number of hydrogen-bond acceptors (Lipinski definition) is 25. The Labute approximate surface area is 662 Å². The Hall–Kier alpha value is -12.7. The molecule has 0 aliphatic carbocycles. The molecule has 0 spiro atoms. The van der Waals surface area contributed by atoms with Gasteiger partial charge in [-0.25, -0.2) is 4.79 Å². The van der Waals surface area contributed by atoms with Gasteiger partial charge in [0.05, 0.1) is 58.4 Å². The third-order valence-electron chi connectivity index (χ3n) is 17.9. The number of para-hydroxylation sites is 2. The number of carboxylic acids is 4. The van der Waals surface area contributed by atoms with Gasteiger partial charge < -0.3 is 127 Å². The van der Waals surface area contributed by atoms with Crippen LogP contribution >= 0.6 is 0 Å². The molecule has 0 radical (unpaired) electrons. The number of unbranched alkanes of at least 4 members (excludes halogenated alkanes) is 6. The van der Waals surface area contributed by atoms with Gasteiger partial charge in [0.1, 0.15) is 72.6 Å². The number of rotatable bonds is 36. The SMILES string of the molecule is CCCCCCCCCC(=O)N[C@@H](Cc1c[nH]c2ccccc12)C(=O)N[C@H](CC(N)=O)C(=O)N[C@@H](CC(=O)O)C(=O)N[C@@H]1C(=O)NCC(=O)N[C@@H](CCCN)C(=O)N[C@@H](CC(=O)O)C(=O)N[C@H](CO)C(=O)N[C@@H](CC(=O)O)C(=O)NCC(=O)N[C@H](CO)C(=O)N[C@@H]([C@H](C)CC(=O)O)C(=O)N[C@@H](CC(=O)c2ccccc2N)C(=O)O[C@@H]1C. The van der Waals surface area contributed by atoms with Crippen molar-refractivity contribution in [1.29, 1.82) is 0 Å². The van der Waals surface area contributed by atoms with Gasteiger partial charge in [0.2, 0.25) is 82.7 Å². The Morgan fingerprint density at radius 3 is 1.63 bits per heavy atom. The molecule has 1 aliphatic rings. The zero-order chi connectivity index (χ0) is 86.5. The number of carboxylic acid groups (broad SMARTS) is 4. The van der Waals surface area contributed by atoms with E-state index in [2.05, 4.69) is 59.8 Å². The molecule has 4 rings (SSSR count). The summed E-state index contributed by atoms with van der Waals surface area (Å²) in [6, 6.07) is -11.4. The van der Waals surface area contributed by atoms with Gasteiger partial charge >= 0.3 is 29.8 Å². The molecule has 3 aromatic rings. The monoisotopic (exact) mass is 1640 g/mol. The van der Waals surface area contributed by atoms with E-state index in [4.69, 9.17) is 21.9 Å². The Morgan fingerprint density at radius 1 is 0.534 bits per heavy atom. The van der Waals surface area contributed by atoms with Crippen molar-refractivity contribution in [2.45, 2.75) is 202 Å². The summed E-state index contributed by atoms with van der Waals surface area (Å²) in [6.07, 6.45) is -2.66. The number of carbonyl (C=O) groups is 20. The maximum Gasteiger partial charge on any atom is 0.329 e. The fraction of sp³-hybridized carbons (Fsp3) is 0.528. The maximum absolute atomic E-state index is 14.8.